The first kappa shape index (κ1) is 15.3. The number of piperazine rings is 1. The lowest BCUT2D eigenvalue weighted by Gasteiger charge is -2.45. The first-order chi connectivity index (χ1) is 9.11. The van der Waals surface area contributed by atoms with Crippen molar-refractivity contribution in [2.75, 3.05) is 13.1 Å². The number of hydrogen-bond donors (Lipinski definition) is 1. The second kappa shape index (κ2) is 7.08. The van der Waals surface area contributed by atoms with Gasteiger partial charge in [0.2, 0.25) is 0 Å². The van der Waals surface area contributed by atoms with Crippen LogP contribution in [0.3, 0.4) is 0 Å². The van der Waals surface area contributed by atoms with Crippen LogP contribution >= 0.6 is 0 Å². The summed E-state index contributed by atoms with van der Waals surface area (Å²) < 4.78 is 0. The van der Waals surface area contributed by atoms with Crippen molar-refractivity contribution in [2.45, 2.75) is 84.3 Å². The van der Waals surface area contributed by atoms with Gasteiger partial charge in [-0.05, 0) is 38.0 Å². The molecule has 1 saturated heterocycles. The number of nitrogens with one attached hydrogen (secondary N) is 1. The van der Waals surface area contributed by atoms with Gasteiger partial charge in [0.25, 0.3) is 0 Å². The quantitative estimate of drug-likeness (QED) is 0.784. The van der Waals surface area contributed by atoms with E-state index >= 15 is 0 Å². The molecule has 1 heterocycles. The minimum absolute atomic E-state index is 0.710. The Morgan fingerprint density at radius 1 is 1.16 bits per heavy atom. The fraction of sp³-hybridized carbons (Fsp3) is 1.00. The van der Waals surface area contributed by atoms with Crippen molar-refractivity contribution in [1.29, 1.82) is 0 Å². The molecule has 0 radical (unpaired) electrons. The lowest BCUT2D eigenvalue weighted by Crippen LogP contribution is -2.60. The summed E-state index contributed by atoms with van der Waals surface area (Å²) in [5.74, 6) is 1.76. The molecular weight excluding hydrogens is 232 g/mol. The van der Waals surface area contributed by atoms with E-state index in [0.29, 0.717) is 6.04 Å². The van der Waals surface area contributed by atoms with Gasteiger partial charge in [0.15, 0.2) is 0 Å². The van der Waals surface area contributed by atoms with E-state index < -0.39 is 0 Å². The molecule has 19 heavy (non-hydrogen) atoms. The third kappa shape index (κ3) is 3.95. The van der Waals surface area contributed by atoms with E-state index in [0.717, 1.165) is 23.9 Å². The average Bonchev–Trinajstić information content (AvgIpc) is 2.63. The van der Waals surface area contributed by atoms with E-state index in [4.69, 9.17) is 0 Å². The molecular formula is C17H34N2. The van der Waals surface area contributed by atoms with Gasteiger partial charge in [0.1, 0.15) is 0 Å². The second-order valence-electron chi connectivity index (χ2n) is 7.21. The van der Waals surface area contributed by atoms with Crippen LogP contribution in [0, 0.1) is 11.8 Å². The Hall–Kier alpha value is -0.0800. The van der Waals surface area contributed by atoms with Gasteiger partial charge in [-0.15, -0.1) is 0 Å². The Kier molecular flexibility index (Phi) is 5.70. The highest BCUT2D eigenvalue weighted by Gasteiger charge is 2.32. The Balaban J connectivity index is 1.96. The van der Waals surface area contributed by atoms with Gasteiger partial charge in [0.05, 0.1) is 0 Å². The van der Waals surface area contributed by atoms with Crippen molar-refractivity contribution in [3.05, 3.63) is 0 Å². The van der Waals surface area contributed by atoms with Crippen LogP contribution in [0.5, 0.6) is 0 Å². The zero-order chi connectivity index (χ0) is 13.8. The third-order valence-electron chi connectivity index (χ3n) is 5.68. The maximum absolute atomic E-state index is 3.77. The number of hydrogen-bond acceptors (Lipinski definition) is 2. The van der Waals surface area contributed by atoms with E-state index in [1.165, 1.54) is 51.6 Å². The maximum atomic E-state index is 3.77. The third-order valence-corrected chi connectivity index (χ3v) is 5.68. The summed E-state index contributed by atoms with van der Waals surface area (Å²) >= 11 is 0. The zero-order valence-corrected chi connectivity index (χ0v) is 13.5. The van der Waals surface area contributed by atoms with E-state index in [1.54, 1.807) is 0 Å². The first-order valence-corrected chi connectivity index (χ1v) is 8.61. The molecule has 1 saturated carbocycles. The van der Waals surface area contributed by atoms with Crippen LogP contribution < -0.4 is 5.32 Å². The van der Waals surface area contributed by atoms with Crippen molar-refractivity contribution < 1.29 is 0 Å². The maximum Gasteiger partial charge on any atom is 0.0221 e. The molecule has 1 aliphatic heterocycles. The molecule has 2 rings (SSSR count). The first-order valence-electron chi connectivity index (χ1n) is 8.61. The molecule has 0 aromatic rings. The molecule has 2 heteroatoms. The lowest BCUT2D eigenvalue weighted by molar-refractivity contribution is 0.0671. The van der Waals surface area contributed by atoms with E-state index in [2.05, 4.69) is 37.9 Å². The molecule has 2 fully saturated rings. The Labute approximate surface area is 120 Å². The summed E-state index contributed by atoms with van der Waals surface area (Å²) in [6.45, 7) is 12.0. The number of rotatable bonds is 3. The minimum atomic E-state index is 0.710. The molecule has 5 atom stereocenters. The van der Waals surface area contributed by atoms with Gasteiger partial charge in [-0.3, -0.25) is 4.90 Å². The summed E-state index contributed by atoms with van der Waals surface area (Å²) in [7, 11) is 0. The molecule has 112 valence electrons. The molecule has 2 aliphatic rings. The van der Waals surface area contributed by atoms with Gasteiger partial charge < -0.3 is 5.32 Å². The van der Waals surface area contributed by atoms with Crippen LogP contribution in [-0.2, 0) is 0 Å². The fourth-order valence-electron chi connectivity index (χ4n) is 3.88. The van der Waals surface area contributed by atoms with Crippen molar-refractivity contribution in [2.24, 2.45) is 11.8 Å². The second-order valence-corrected chi connectivity index (χ2v) is 7.21. The van der Waals surface area contributed by atoms with Crippen molar-refractivity contribution >= 4 is 0 Å². The van der Waals surface area contributed by atoms with E-state index in [9.17, 15) is 0 Å². The summed E-state index contributed by atoms with van der Waals surface area (Å²) in [6, 6.07) is 2.29. The average molecular weight is 266 g/mol. The Morgan fingerprint density at radius 3 is 2.68 bits per heavy atom. The van der Waals surface area contributed by atoms with E-state index in [1.807, 2.05) is 0 Å². The van der Waals surface area contributed by atoms with Crippen molar-refractivity contribution in [1.82, 2.24) is 10.2 Å². The van der Waals surface area contributed by atoms with Gasteiger partial charge in [-0.1, -0.05) is 40.0 Å². The number of nitrogens with zero attached hydrogens (tertiary/aromatic N) is 1. The highest BCUT2D eigenvalue weighted by molar-refractivity contribution is 4.90. The topological polar surface area (TPSA) is 15.3 Å². The van der Waals surface area contributed by atoms with Crippen molar-refractivity contribution in [3.63, 3.8) is 0 Å². The largest absolute Gasteiger partial charge is 0.311 e. The van der Waals surface area contributed by atoms with Crippen LogP contribution in [0.1, 0.15) is 66.2 Å². The molecule has 0 amide bonds. The highest BCUT2D eigenvalue weighted by Crippen LogP contribution is 2.28. The molecule has 1 N–H and O–H groups in total. The van der Waals surface area contributed by atoms with Crippen molar-refractivity contribution in [3.8, 4) is 0 Å². The fourth-order valence-corrected chi connectivity index (χ4v) is 3.88. The SMILES string of the molecule is CCC(C)C1CN(C2CCCC(C)CC2)C(C)CN1. The van der Waals surface area contributed by atoms with Gasteiger partial charge in [-0.2, -0.15) is 0 Å². The predicted molar refractivity (Wildman–Crippen MR) is 83.5 cm³/mol. The zero-order valence-electron chi connectivity index (χ0n) is 13.5. The monoisotopic (exact) mass is 266 g/mol. The van der Waals surface area contributed by atoms with Crippen LogP contribution in [0.25, 0.3) is 0 Å². The van der Waals surface area contributed by atoms with Crippen LogP contribution in [-0.4, -0.2) is 36.1 Å². The Bertz CT molecular complexity index is 266. The normalized spacial score (nSPS) is 39.8. The molecule has 2 nitrogen and oxygen atoms in total. The summed E-state index contributed by atoms with van der Waals surface area (Å²) in [4.78, 5) is 2.84. The molecule has 0 bridgehead atoms. The summed E-state index contributed by atoms with van der Waals surface area (Å²) in [6.07, 6.45) is 8.49. The predicted octanol–water partition coefficient (Wildman–Crippen LogP) is 3.66. The summed E-state index contributed by atoms with van der Waals surface area (Å²) in [5, 5.41) is 3.77. The van der Waals surface area contributed by atoms with Crippen LogP contribution in [0.2, 0.25) is 0 Å². The lowest BCUT2D eigenvalue weighted by atomic mass is 9.93. The summed E-state index contributed by atoms with van der Waals surface area (Å²) in [5.41, 5.74) is 0. The molecule has 0 spiro atoms. The van der Waals surface area contributed by atoms with Gasteiger partial charge in [-0.25, -0.2) is 0 Å². The van der Waals surface area contributed by atoms with Gasteiger partial charge in [0, 0.05) is 31.2 Å². The standard InChI is InChI=1S/C17H34N2/c1-5-14(3)17-12-19(15(4)11-18-17)16-8-6-7-13(2)9-10-16/h13-18H,5-12H2,1-4H3. The Morgan fingerprint density at radius 2 is 1.95 bits per heavy atom. The van der Waals surface area contributed by atoms with E-state index in [-0.39, 0.29) is 0 Å². The minimum Gasteiger partial charge on any atom is -0.311 e. The molecule has 0 aromatic carbocycles. The van der Waals surface area contributed by atoms with Crippen LogP contribution in [0.15, 0.2) is 0 Å². The van der Waals surface area contributed by atoms with Gasteiger partial charge >= 0.3 is 0 Å². The molecule has 5 unspecified atom stereocenters. The molecule has 1 aliphatic carbocycles. The smallest absolute Gasteiger partial charge is 0.0221 e. The molecule has 0 aromatic heterocycles. The highest BCUT2D eigenvalue weighted by atomic mass is 15.3. The van der Waals surface area contributed by atoms with Crippen LogP contribution in [0.4, 0.5) is 0 Å².